The molecule has 1 heterocycles. The van der Waals surface area contributed by atoms with Crippen LogP contribution in [0.15, 0.2) is 16.6 Å². The number of anilines is 1. The molecule has 0 atom stereocenters. The van der Waals surface area contributed by atoms with E-state index in [4.69, 9.17) is 5.11 Å². The van der Waals surface area contributed by atoms with Gasteiger partial charge in [0.1, 0.15) is 0 Å². The van der Waals surface area contributed by atoms with E-state index in [2.05, 4.69) is 34.7 Å². The zero-order valence-electron chi connectivity index (χ0n) is 9.33. The average molecular weight is 284 g/mol. The lowest BCUT2D eigenvalue weighted by atomic mass is 10.1. The lowest BCUT2D eigenvalue weighted by Gasteiger charge is -2.25. The molecular formula is C12H14BrNO2. The molecule has 0 aromatic heterocycles. The monoisotopic (exact) mass is 283 g/mol. The van der Waals surface area contributed by atoms with Crippen molar-refractivity contribution in [2.75, 3.05) is 11.4 Å². The zero-order valence-corrected chi connectivity index (χ0v) is 10.9. The van der Waals surface area contributed by atoms with E-state index >= 15 is 0 Å². The van der Waals surface area contributed by atoms with Crippen LogP contribution in [0.1, 0.15) is 29.8 Å². The normalized spacial score (nSPS) is 14.4. The second-order valence-corrected chi connectivity index (χ2v) is 5.16. The predicted octanol–water partition coefficient (Wildman–Crippen LogP) is 2.92. The second-order valence-electron chi connectivity index (χ2n) is 4.31. The fraction of sp³-hybridized carbons (Fsp3) is 0.417. The Kier molecular flexibility index (Phi) is 2.93. The number of fused-ring (bicyclic) bond motifs is 1. The molecule has 0 radical (unpaired) electrons. The van der Waals surface area contributed by atoms with Gasteiger partial charge in [0.25, 0.3) is 0 Å². The Morgan fingerprint density at radius 3 is 2.75 bits per heavy atom. The maximum Gasteiger partial charge on any atom is 0.335 e. The number of carboxylic acids is 1. The van der Waals surface area contributed by atoms with Crippen LogP contribution in [0, 0.1) is 0 Å². The molecule has 0 amide bonds. The second kappa shape index (κ2) is 4.09. The minimum atomic E-state index is -0.869. The maximum atomic E-state index is 10.9. The van der Waals surface area contributed by atoms with Gasteiger partial charge >= 0.3 is 5.97 Å². The highest BCUT2D eigenvalue weighted by molar-refractivity contribution is 9.10. The predicted molar refractivity (Wildman–Crippen MR) is 67.3 cm³/mol. The lowest BCUT2D eigenvalue weighted by Crippen LogP contribution is -2.28. The number of carbonyl (C=O) groups is 1. The molecule has 1 N–H and O–H groups in total. The van der Waals surface area contributed by atoms with Crippen LogP contribution in [0.5, 0.6) is 0 Å². The van der Waals surface area contributed by atoms with E-state index in [0.717, 1.165) is 28.7 Å². The van der Waals surface area contributed by atoms with Crippen LogP contribution in [0.4, 0.5) is 5.69 Å². The number of carboxylic acid groups (broad SMARTS) is 1. The highest BCUT2D eigenvalue weighted by Crippen LogP contribution is 2.37. The Balaban J connectivity index is 2.50. The van der Waals surface area contributed by atoms with Crippen LogP contribution in [-0.2, 0) is 6.42 Å². The molecule has 1 aromatic rings. The van der Waals surface area contributed by atoms with Crippen molar-refractivity contribution in [3.63, 3.8) is 0 Å². The molecule has 86 valence electrons. The SMILES string of the molecule is CC(C)N1CCc2cc(C(=O)O)cc(Br)c21. The van der Waals surface area contributed by atoms with Crippen LogP contribution in [0.25, 0.3) is 0 Å². The number of hydrogen-bond donors (Lipinski definition) is 1. The summed E-state index contributed by atoms with van der Waals surface area (Å²) in [5, 5.41) is 8.98. The Morgan fingerprint density at radius 1 is 1.50 bits per heavy atom. The molecule has 0 unspecified atom stereocenters. The van der Waals surface area contributed by atoms with Crippen molar-refractivity contribution >= 4 is 27.6 Å². The largest absolute Gasteiger partial charge is 0.478 e. The first-order valence-electron chi connectivity index (χ1n) is 5.33. The van der Waals surface area contributed by atoms with Crippen molar-refractivity contribution < 1.29 is 9.90 Å². The summed E-state index contributed by atoms with van der Waals surface area (Å²) in [7, 11) is 0. The maximum absolute atomic E-state index is 10.9. The van der Waals surface area contributed by atoms with Crippen molar-refractivity contribution in [1.82, 2.24) is 0 Å². The van der Waals surface area contributed by atoms with Crippen molar-refractivity contribution in [3.05, 3.63) is 27.7 Å². The summed E-state index contributed by atoms with van der Waals surface area (Å²) < 4.78 is 0.883. The van der Waals surface area contributed by atoms with Crippen molar-refractivity contribution in [1.29, 1.82) is 0 Å². The Bertz CT molecular complexity index is 443. The third-order valence-electron chi connectivity index (χ3n) is 2.92. The smallest absolute Gasteiger partial charge is 0.335 e. The molecule has 0 fully saturated rings. The first-order chi connectivity index (χ1) is 7.50. The van der Waals surface area contributed by atoms with Gasteiger partial charge in [0.15, 0.2) is 0 Å². The van der Waals surface area contributed by atoms with Crippen molar-refractivity contribution in [3.8, 4) is 0 Å². The summed E-state index contributed by atoms with van der Waals surface area (Å²) in [6.07, 6.45) is 0.924. The van der Waals surface area contributed by atoms with Gasteiger partial charge in [0.2, 0.25) is 0 Å². The summed E-state index contributed by atoms with van der Waals surface area (Å²) in [5.41, 5.74) is 2.64. The number of nitrogens with zero attached hydrogens (tertiary/aromatic N) is 1. The molecule has 2 rings (SSSR count). The Morgan fingerprint density at radius 2 is 2.19 bits per heavy atom. The third-order valence-corrected chi connectivity index (χ3v) is 3.53. The third kappa shape index (κ3) is 1.82. The fourth-order valence-electron chi connectivity index (χ4n) is 2.16. The van der Waals surface area contributed by atoms with Crippen LogP contribution in [0.2, 0.25) is 0 Å². The van der Waals surface area contributed by atoms with E-state index < -0.39 is 5.97 Å². The van der Waals surface area contributed by atoms with Gasteiger partial charge in [0, 0.05) is 17.1 Å². The van der Waals surface area contributed by atoms with Gasteiger partial charge in [-0.25, -0.2) is 4.79 Å². The summed E-state index contributed by atoms with van der Waals surface area (Å²) in [6, 6.07) is 3.90. The quantitative estimate of drug-likeness (QED) is 0.907. The van der Waals surface area contributed by atoms with E-state index in [1.54, 1.807) is 12.1 Å². The molecule has 4 heteroatoms. The summed E-state index contributed by atoms with van der Waals surface area (Å²) in [6.45, 7) is 5.26. The number of benzene rings is 1. The van der Waals surface area contributed by atoms with Gasteiger partial charge in [-0.15, -0.1) is 0 Å². The highest BCUT2D eigenvalue weighted by Gasteiger charge is 2.25. The van der Waals surface area contributed by atoms with E-state index in [1.807, 2.05) is 0 Å². The molecule has 0 aliphatic carbocycles. The average Bonchev–Trinajstić information content (AvgIpc) is 2.61. The van der Waals surface area contributed by atoms with Crippen molar-refractivity contribution in [2.45, 2.75) is 26.3 Å². The number of rotatable bonds is 2. The minimum absolute atomic E-state index is 0.358. The molecule has 1 aliphatic rings. The molecule has 1 aromatic carbocycles. The van der Waals surface area contributed by atoms with Crippen LogP contribution in [-0.4, -0.2) is 23.7 Å². The van der Waals surface area contributed by atoms with Gasteiger partial charge in [-0.05, 0) is 53.9 Å². The van der Waals surface area contributed by atoms with Crippen LogP contribution >= 0.6 is 15.9 Å². The van der Waals surface area contributed by atoms with Gasteiger partial charge in [-0.3, -0.25) is 0 Å². The molecular weight excluding hydrogens is 270 g/mol. The first kappa shape index (κ1) is 11.5. The standard InChI is InChI=1S/C12H14BrNO2/c1-7(2)14-4-3-8-5-9(12(15)16)6-10(13)11(8)14/h5-7H,3-4H2,1-2H3,(H,15,16). The number of aromatic carboxylic acids is 1. The van der Waals surface area contributed by atoms with Crippen molar-refractivity contribution in [2.24, 2.45) is 0 Å². The molecule has 1 aliphatic heterocycles. The van der Waals surface area contributed by atoms with Crippen LogP contribution in [0.3, 0.4) is 0 Å². The van der Waals surface area contributed by atoms with Gasteiger partial charge in [-0.1, -0.05) is 0 Å². The van der Waals surface area contributed by atoms with E-state index in [9.17, 15) is 4.79 Å². The Labute approximate surface area is 103 Å². The molecule has 0 bridgehead atoms. The molecule has 0 spiro atoms. The zero-order chi connectivity index (χ0) is 11.9. The molecule has 0 saturated heterocycles. The number of hydrogen-bond acceptors (Lipinski definition) is 2. The van der Waals surface area contributed by atoms with Gasteiger partial charge < -0.3 is 10.0 Å². The Hall–Kier alpha value is -1.03. The lowest BCUT2D eigenvalue weighted by molar-refractivity contribution is 0.0696. The summed E-state index contributed by atoms with van der Waals surface area (Å²) in [4.78, 5) is 13.2. The summed E-state index contributed by atoms with van der Waals surface area (Å²) >= 11 is 3.47. The van der Waals surface area contributed by atoms with E-state index in [-0.39, 0.29) is 0 Å². The highest BCUT2D eigenvalue weighted by atomic mass is 79.9. The van der Waals surface area contributed by atoms with Gasteiger partial charge in [-0.2, -0.15) is 0 Å². The molecule has 0 saturated carbocycles. The van der Waals surface area contributed by atoms with E-state index in [1.165, 1.54) is 0 Å². The summed E-state index contributed by atoms with van der Waals surface area (Å²) in [5.74, 6) is -0.869. The first-order valence-corrected chi connectivity index (χ1v) is 6.12. The van der Waals surface area contributed by atoms with Crippen LogP contribution < -0.4 is 4.90 Å². The van der Waals surface area contributed by atoms with E-state index in [0.29, 0.717) is 11.6 Å². The minimum Gasteiger partial charge on any atom is -0.478 e. The topological polar surface area (TPSA) is 40.5 Å². The van der Waals surface area contributed by atoms with Gasteiger partial charge in [0.05, 0.1) is 11.3 Å². The fourth-order valence-corrected chi connectivity index (χ4v) is 2.89. The number of halogens is 1. The molecule has 3 nitrogen and oxygen atoms in total. The molecule has 16 heavy (non-hydrogen) atoms.